The minimum absolute atomic E-state index is 0.300. The van der Waals surface area contributed by atoms with E-state index in [1.807, 2.05) is 13.0 Å². The van der Waals surface area contributed by atoms with Crippen LogP contribution in [0.25, 0.3) is 0 Å². The van der Waals surface area contributed by atoms with Crippen LogP contribution in [0, 0.1) is 18.6 Å². The number of nitrogens with two attached hydrogens (primary N) is 1. The fourth-order valence-electron chi connectivity index (χ4n) is 1.95. The van der Waals surface area contributed by atoms with Gasteiger partial charge in [-0.2, -0.15) is 0 Å². The molecule has 2 aromatic rings. The molecule has 0 unspecified atom stereocenters. The van der Waals surface area contributed by atoms with Gasteiger partial charge in [-0.05, 0) is 37.2 Å². The molecule has 0 spiro atoms. The minimum atomic E-state index is -0.593. The van der Waals surface area contributed by atoms with Gasteiger partial charge in [0.25, 0.3) is 0 Å². The Morgan fingerprint density at radius 2 is 1.74 bits per heavy atom. The van der Waals surface area contributed by atoms with Crippen molar-refractivity contribution in [1.29, 1.82) is 0 Å². The Balaban J connectivity index is 2.27. The molecule has 0 amide bonds. The van der Waals surface area contributed by atoms with Crippen molar-refractivity contribution in [2.75, 3.05) is 6.54 Å². The van der Waals surface area contributed by atoms with Crippen molar-refractivity contribution in [3.8, 4) is 0 Å². The Bertz CT molecular complexity index is 565. The molecule has 1 aromatic heterocycles. The third kappa shape index (κ3) is 3.79. The van der Waals surface area contributed by atoms with E-state index in [1.165, 1.54) is 12.1 Å². The molecule has 100 valence electrons. The summed E-state index contributed by atoms with van der Waals surface area (Å²) in [6.07, 6.45) is 0.960. The van der Waals surface area contributed by atoms with E-state index in [0.717, 1.165) is 17.5 Å². The van der Waals surface area contributed by atoms with Crippen LogP contribution in [-0.4, -0.2) is 16.5 Å². The molecule has 0 aliphatic rings. The van der Waals surface area contributed by atoms with Crippen LogP contribution in [0.2, 0.25) is 0 Å². The number of nitrogens with zero attached hydrogens (tertiary/aromatic N) is 2. The highest BCUT2D eigenvalue weighted by molar-refractivity contribution is 5.22. The number of hydrogen-bond donors (Lipinski definition) is 1. The second-order valence-electron chi connectivity index (χ2n) is 4.41. The maximum Gasteiger partial charge on any atom is 0.133 e. The zero-order valence-electron chi connectivity index (χ0n) is 10.7. The highest BCUT2D eigenvalue weighted by Crippen LogP contribution is 2.12. The van der Waals surface area contributed by atoms with Crippen LogP contribution < -0.4 is 5.73 Å². The summed E-state index contributed by atoms with van der Waals surface area (Å²) in [5, 5.41) is 0. The lowest BCUT2D eigenvalue weighted by Crippen LogP contribution is -2.08. The number of aromatic nitrogens is 2. The van der Waals surface area contributed by atoms with Crippen molar-refractivity contribution in [3.63, 3.8) is 0 Å². The second-order valence-corrected chi connectivity index (χ2v) is 4.41. The molecule has 0 saturated heterocycles. The summed E-state index contributed by atoms with van der Waals surface area (Å²) in [5.41, 5.74) is 7.68. The maximum atomic E-state index is 13.1. The molecule has 0 bridgehead atoms. The highest BCUT2D eigenvalue weighted by Gasteiger charge is 2.06. The molecule has 1 aromatic carbocycles. The first-order valence-electron chi connectivity index (χ1n) is 6.05. The second kappa shape index (κ2) is 5.84. The number of rotatable bonds is 4. The van der Waals surface area contributed by atoms with Crippen molar-refractivity contribution in [2.24, 2.45) is 5.73 Å². The zero-order chi connectivity index (χ0) is 13.8. The van der Waals surface area contributed by atoms with Gasteiger partial charge in [-0.15, -0.1) is 0 Å². The van der Waals surface area contributed by atoms with Gasteiger partial charge in [-0.1, -0.05) is 0 Å². The molecule has 5 heteroatoms. The normalized spacial score (nSPS) is 10.7. The Kier molecular flexibility index (Phi) is 4.16. The first kappa shape index (κ1) is 13.5. The lowest BCUT2D eigenvalue weighted by atomic mass is 10.1. The number of halogens is 2. The van der Waals surface area contributed by atoms with E-state index in [2.05, 4.69) is 9.97 Å². The smallest absolute Gasteiger partial charge is 0.133 e. The van der Waals surface area contributed by atoms with Gasteiger partial charge in [0.15, 0.2) is 0 Å². The Labute approximate surface area is 110 Å². The summed E-state index contributed by atoms with van der Waals surface area (Å²) in [6, 6.07) is 5.29. The van der Waals surface area contributed by atoms with E-state index < -0.39 is 11.6 Å². The third-order valence-corrected chi connectivity index (χ3v) is 2.64. The lowest BCUT2D eigenvalue weighted by Gasteiger charge is -2.06. The van der Waals surface area contributed by atoms with E-state index in [4.69, 9.17) is 5.73 Å². The molecule has 1 heterocycles. The van der Waals surface area contributed by atoms with Crippen LogP contribution in [0.3, 0.4) is 0 Å². The molecule has 0 saturated carbocycles. The average molecular weight is 263 g/mol. The Hall–Kier alpha value is -1.88. The molecule has 0 fully saturated rings. The standard InChI is InChI=1S/C14H15F2N3/c1-9-4-13(2-3-17)19-14(18-9)7-10-5-11(15)8-12(16)6-10/h4-6,8H,2-3,7,17H2,1H3. The predicted octanol–water partition coefficient (Wildman–Crippen LogP) is 2.16. The molecular formula is C14H15F2N3. The van der Waals surface area contributed by atoms with Crippen molar-refractivity contribution in [3.05, 3.63) is 58.7 Å². The zero-order valence-corrected chi connectivity index (χ0v) is 10.7. The summed E-state index contributed by atoms with van der Waals surface area (Å²) in [7, 11) is 0. The molecule has 19 heavy (non-hydrogen) atoms. The van der Waals surface area contributed by atoms with Gasteiger partial charge in [0, 0.05) is 30.3 Å². The lowest BCUT2D eigenvalue weighted by molar-refractivity contribution is 0.580. The molecule has 0 radical (unpaired) electrons. The first-order chi connectivity index (χ1) is 9.06. The number of benzene rings is 1. The molecule has 0 atom stereocenters. The first-order valence-corrected chi connectivity index (χ1v) is 6.05. The van der Waals surface area contributed by atoms with Gasteiger partial charge in [-0.3, -0.25) is 0 Å². The molecule has 3 nitrogen and oxygen atoms in total. The summed E-state index contributed by atoms with van der Waals surface area (Å²) < 4.78 is 26.2. The van der Waals surface area contributed by atoms with E-state index >= 15 is 0 Å². The van der Waals surface area contributed by atoms with Crippen molar-refractivity contribution < 1.29 is 8.78 Å². The van der Waals surface area contributed by atoms with Crippen LogP contribution in [-0.2, 0) is 12.8 Å². The summed E-state index contributed by atoms with van der Waals surface area (Å²) in [6.45, 7) is 2.36. The van der Waals surface area contributed by atoms with Gasteiger partial charge in [0.05, 0.1) is 0 Å². The van der Waals surface area contributed by atoms with Crippen LogP contribution in [0.5, 0.6) is 0 Å². The van der Waals surface area contributed by atoms with Crippen molar-refractivity contribution in [2.45, 2.75) is 19.8 Å². The minimum Gasteiger partial charge on any atom is -0.330 e. The third-order valence-electron chi connectivity index (χ3n) is 2.64. The number of aryl methyl sites for hydroxylation is 1. The van der Waals surface area contributed by atoms with E-state index in [0.29, 0.717) is 30.8 Å². The van der Waals surface area contributed by atoms with Crippen LogP contribution >= 0.6 is 0 Å². The SMILES string of the molecule is Cc1cc(CCN)nc(Cc2cc(F)cc(F)c2)n1. The number of hydrogen-bond acceptors (Lipinski definition) is 3. The topological polar surface area (TPSA) is 51.8 Å². The van der Waals surface area contributed by atoms with E-state index in [1.54, 1.807) is 0 Å². The largest absolute Gasteiger partial charge is 0.330 e. The van der Waals surface area contributed by atoms with E-state index in [-0.39, 0.29) is 0 Å². The molecule has 0 aliphatic carbocycles. The summed E-state index contributed by atoms with van der Waals surface area (Å²) in [5.74, 6) is -0.636. The van der Waals surface area contributed by atoms with E-state index in [9.17, 15) is 8.78 Å². The van der Waals surface area contributed by atoms with Crippen molar-refractivity contribution in [1.82, 2.24) is 9.97 Å². The Morgan fingerprint density at radius 3 is 2.37 bits per heavy atom. The van der Waals surface area contributed by atoms with Crippen LogP contribution in [0.15, 0.2) is 24.3 Å². The van der Waals surface area contributed by atoms with Crippen molar-refractivity contribution >= 4 is 0 Å². The Morgan fingerprint density at radius 1 is 1.05 bits per heavy atom. The van der Waals surface area contributed by atoms with Crippen LogP contribution in [0.1, 0.15) is 22.8 Å². The van der Waals surface area contributed by atoms with Gasteiger partial charge in [0.1, 0.15) is 17.5 Å². The highest BCUT2D eigenvalue weighted by atomic mass is 19.1. The molecule has 0 aliphatic heterocycles. The predicted molar refractivity (Wildman–Crippen MR) is 68.7 cm³/mol. The summed E-state index contributed by atoms with van der Waals surface area (Å²) >= 11 is 0. The average Bonchev–Trinajstić information content (AvgIpc) is 2.26. The maximum absolute atomic E-state index is 13.1. The monoisotopic (exact) mass is 263 g/mol. The van der Waals surface area contributed by atoms with Gasteiger partial charge >= 0.3 is 0 Å². The molecular weight excluding hydrogens is 248 g/mol. The molecule has 2 N–H and O–H groups in total. The van der Waals surface area contributed by atoms with Gasteiger partial charge in [0.2, 0.25) is 0 Å². The molecule has 2 rings (SSSR count). The quantitative estimate of drug-likeness (QED) is 0.919. The van der Waals surface area contributed by atoms with Crippen LogP contribution in [0.4, 0.5) is 8.78 Å². The van der Waals surface area contributed by atoms with Gasteiger partial charge < -0.3 is 5.73 Å². The van der Waals surface area contributed by atoms with Gasteiger partial charge in [-0.25, -0.2) is 18.7 Å². The fourth-order valence-corrected chi connectivity index (χ4v) is 1.95. The summed E-state index contributed by atoms with van der Waals surface area (Å²) in [4.78, 5) is 8.62. The fraction of sp³-hybridized carbons (Fsp3) is 0.286.